The molecule has 1 unspecified atom stereocenters. The highest BCUT2D eigenvalue weighted by atomic mass is 79.9. The summed E-state index contributed by atoms with van der Waals surface area (Å²) in [6.45, 7) is -0.260. The topological polar surface area (TPSA) is 57.5 Å². The average Bonchev–Trinajstić information content (AvgIpc) is 2.64. The van der Waals surface area contributed by atoms with E-state index in [-0.39, 0.29) is 12.4 Å². The molecular weight excluding hydrogens is 300 g/mol. The van der Waals surface area contributed by atoms with Crippen LogP contribution in [-0.4, -0.2) is 40.2 Å². The van der Waals surface area contributed by atoms with Crippen molar-refractivity contribution in [3.8, 4) is 0 Å². The zero-order valence-corrected chi connectivity index (χ0v) is 11.1. The highest BCUT2D eigenvalue weighted by Gasteiger charge is 2.12. The number of Topliss-reactive ketones (excluding diaryl/α,β-unsaturated/α-hetero) is 1. The molecule has 0 bridgehead atoms. The van der Waals surface area contributed by atoms with Gasteiger partial charge in [-0.05, 0) is 27.4 Å². The Balaban J connectivity index is 2.34. The van der Waals surface area contributed by atoms with Gasteiger partial charge in [-0.1, -0.05) is 0 Å². The second kappa shape index (κ2) is 6.65. The molecule has 0 saturated heterocycles. The lowest BCUT2D eigenvalue weighted by Crippen LogP contribution is -2.16. The van der Waals surface area contributed by atoms with E-state index in [2.05, 4.69) is 15.9 Å². The predicted octanol–water partition coefficient (Wildman–Crippen LogP) is 1.78. The number of carbonyl (C=O) groups excluding carboxylic acids is 1. The molecule has 1 aromatic heterocycles. The maximum atomic E-state index is 11.6. The van der Waals surface area contributed by atoms with E-state index in [4.69, 9.17) is 10.2 Å². The van der Waals surface area contributed by atoms with Gasteiger partial charge in [0.1, 0.15) is 0 Å². The summed E-state index contributed by atoms with van der Waals surface area (Å²) >= 11 is 6.02. The van der Waals surface area contributed by atoms with Crippen LogP contribution in [0.1, 0.15) is 9.67 Å². The highest BCUT2D eigenvalue weighted by molar-refractivity contribution is 9.10. The second-order valence-electron chi connectivity index (χ2n) is 2.87. The van der Waals surface area contributed by atoms with Crippen LogP contribution in [0.3, 0.4) is 0 Å². The minimum atomic E-state index is -0.741. The van der Waals surface area contributed by atoms with Crippen LogP contribution in [0.25, 0.3) is 0 Å². The van der Waals surface area contributed by atoms with Gasteiger partial charge in [0.2, 0.25) is 0 Å². The van der Waals surface area contributed by atoms with Gasteiger partial charge in [-0.25, -0.2) is 0 Å². The summed E-state index contributed by atoms with van der Waals surface area (Å²) in [4.78, 5) is 12.3. The smallest absolute Gasteiger partial charge is 0.183 e. The van der Waals surface area contributed by atoms with Crippen LogP contribution in [0.15, 0.2) is 15.9 Å². The minimum absolute atomic E-state index is 0.0482. The number of carbonyl (C=O) groups is 1. The lowest BCUT2D eigenvalue weighted by molar-refractivity contribution is 0.102. The van der Waals surface area contributed by atoms with Crippen LogP contribution in [0.4, 0.5) is 0 Å². The molecule has 6 heteroatoms. The molecule has 2 N–H and O–H groups in total. The van der Waals surface area contributed by atoms with Crippen molar-refractivity contribution in [2.24, 2.45) is 0 Å². The number of rotatable bonds is 6. The first-order chi connectivity index (χ1) is 7.15. The van der Waals surface area contributed by atoms with Crippen LogP contribution in [0, 0.1) is 0 Å². The zero-order valence-electron chi connectivity index (χ0n) is 7.85. The van der Waals surface area contributed by atoms with E-state index in [9.17, 15) is 4.79 Å². The molecule has 1 heterocycles. The lowest BCUT2D eigenvalue weighted by atomic mass is 10.3. The Hall–Kier alpha value is 0.120. The van der Waals surface area contributed by atoms with Gasteiger partial charge in [-0.15, -0.1) is 11.3 Å². The van der Waals surface area contributed by atoms with Gasteiger partial charge >= 0.3 is 0 Å². The van der Waals surface area contributed by atoms with E-state index < -0.39 is 6.10 Å². The summed E-state index contributed by atoms with van der Waals surface area (Å²) in [5.74, 6) is 0.758. The molecule has 0 radical (unpaired) electrons. The molecule has 1 aromatic rings. The van der Waals surface area contributed by atoms with Crippen LogP contribution < -0.4 is 0 Å². The molecule has 1 atom stereocenters. The monoisotopic (exact) mass is 310 g/mol. The molecule has 0 aliphatic rings. The van der Waals surface area contributed by atoms with Gasteiger partial charge in [0.15, 0.2) is 5.78 Å². The first-order valence-electron chi connectivity index (χ1n) is 4.28. The maximum absolute atomic E-state index is 11.6. The molecule has 84 valence electrons. The standard InChI is InChI=1S/C9H11BrO3S2/c10-7-1-2-15-9(7)8(13)5-14-4-6(12)3-11/h1-2,6,11-12H,3-5H2. The van der Waals surface area contributed by atoms with Gasteiger partial charge in [0, 0.05) is 10.2 Å². The van der Waals surface area contributed by atoms with Crippen LogP contribution in [-0.2, 0) is 0 Å². The number of halogens is 1. The number of thiophene rings is 1. The van der Waals surface area contributed by atoms with Gasteiger partial charge < -0.3 is 10.2 Å². The Bertz CT molecular complexity index is 327. The van der Waals surface area contributed by atoms with Gasteiger partial charge in [0.05, 0.1) is 23.3 Å². The van der Waals surface area contributed by atoms with Crippen molar-refractivity contribution >= 4 is 44.8 Å². The SMILES string of the molecule is O=C(CSCC(O)CO)c1sccc1Br. The minimum Gasteiger partial charge on any atom is -0.394 e. The summed E-state index contributed by atoms with van der Waals surface area (Å²) in [5.41, 5.74) is 0. The molecular formula is C9H11BrO3S2. The van der Waals surface area contributed by atoms with Crippen LogP contribution >= 0.6 is 39.0 Å². The van der Waals surface area contributed by atoms with E-state index in [0.717, 1.165) is 4.47 Å². The van der Waals surface area contributed by atoms with Crippen molar-refractivity contribution in [2.75, 3.05) is 18.1 Å². The normalized spacial score (nSPS) is 12.7. The summed E-state index contributed by atoms with van der Waals surface area (Å²) in [6.07, 6.45) is -0.741. The molecule has 0 spiro atoms. The molecule has 0 fully saturated rings. The number of thioether (sulfide) groups is 1. The summed E-state index contributed by atoms with van der Waals surface area (Å²) in [6, 6.07) is 1.84. The van der Waals surface area contributed by atoms with Gasteiger partial charge in [0.25, 0.3) is 0 Å². The predicted molar refractivity (Wildman–Crippen MR) is 66.8 cm³/mol. The molecule has 3 nitrogen and oxygen atoms in total. The Morgan fingerprint density at radius 1 is 1.67 bits per heavy atom. The van der Waals surface area contributed by atoms with Crippen molar-refractivity contribution in [2.45, 2.75) is 6.10 Å². The Morgan fingerprint density at radius 3 is 2.93 bits per heavy atom. The fourth-order valence-electron chi connectivity index (χ4n) is 0.899. The largest absolute Gasteiger partial charge is 0.394 e. The maximum Gasteiger partial charge on any atom is 0.183 e. The average molecular weight is 311 g/mol. The fourth-order valence-corrected chi connectivity index (χ4v) is 3.35. The molecule has 15 heavy (non-hydrogen) atoms. The lowest BCUT2D eigenvalue weighted by Gasteiger charge is -2.05. The molecule has 0 aliphatic carbocycles. The Labute approximate surface area is 105 Å². The van der Waals surface area contributed by atoms with Crippen molar-refractivity contribution in [3.63, 3.8) is 0 Å². The number of hydrogen-bond donors (Lipinski definition) is 2. The zero-order chi connectivity index (χ0) is 11.3. The van der Waals surface area contributed by atoms with Crippen molar-refractivity contribution < 1.29 is 15.0 Å². The number of aliphatic hydroxyl groups excluding tert-OH is 2. The molecule has 0 saturated carbocycles. The Morgan fingerprint density at radius 2 is 2.40 bits per heavy atom. The third-order valence-electron chi connectivity index (χ3n) is 1.62. The first kappa shape index (κ1) is 13.2. The van der Waals surface area contributed by atoms with Crippen LogP contribution in [0.5, 0.6) is 0 Å². The third kappa shape index (κ3) is 4.24. The number of ketones is 1. The second-order valence-corrected chi connectivity index (χ2v) is 5.67. The van der Waals surface area contributed by atoms with Crippen molar-refractivity contribution in [1.29, 1.82) is 0 Å². The molecule has 0 amide bonds. The van der Waals surface area contributed by atoms with Crippen molar-refractivity contribution in [1.82, 2.24) is 0 Å². The summed E-state index contributed by atoms with van der Waals surface area (Å²) in [5, 5.41) is 19.5. The first-order valence-corrected chi connectivity index (χ1v) is 7.10. The number of aliphatic hydroxyl groups is 2. The third-order valence-corrected chi connectivity index (χ3v) is 4.59. The summed E-state index contributed by atoms with van der Waals surface area (Å²) in [7, 11) is 0. The van der Waals surface area contributed by atoms with Gasteiger partial charge in [-0.3, -0.25) is 4.79 Å². The molecule has 1 rings (SSSR count). The highest BCUT2D eigenvalue weighted by Crippen LogP contribution is 2.24. The quantitative estimate of drug-likeness (QED) is 0.786. The fraction of sp³-hybridized carbons (Fsp3) is 0.444. The molecule has 0 aliphatic heterocycles. The summed E-state index contributed by atoms with van der Waals surface area (Å²) < 4.78 is 0.820. The van der Waals surface area contributed by atoms with Crippen molar-refractivity contribution in [3.05, 3.63) is 20.8 Å². The van der Waals surface area contributed by atoms with E-state index in [1.807, 2.05) is 11.4 Å². The molecule has 0 aromatic carbocycles. The van der Waals surface area contributed by atoms with Gasteiger partial charge in [-0.2, -0.15) is 11.8 Å². The van der Waals surface area contributed by atoms with E-state index >= 15 is 0 Å². The number of hydrogen-bond acceptors (Lipinski definition) is 5. The van der Waals surface area contributed by atoms with E-state index in [1.54, 1.807) is 0 Å². The van der Waals surface area contributed by atoms with Crippen LogP contribution in [0.2, 0.25) is 0 Å². The van der Waals surface area contributed by atoms with E-state index in [1.165, 1.54) is 23.1 Å². The van der Waals surface area contributed by atoms with E-state index in [0.29, 0.717) is 16.4 Å². The Kier molecular flexibility index (Phi) is 5.84.